The molecule has 22 heavy (non-hydrogen) atoms. The van der Waals surface area contributed by atoms with Crippen molar-refractivity contribution >= 4 is 5.91 Å². The number of fused-ring (bicyclic) bond motifs is 1. The Kier molecular flexibility index (Phi) is 4.55. The van der Waals surface area contributed by atoms with E-state index in [1.165, 1.54) is 19.3 Å². The molecule has 1 N–H and O–H groups in total. The molecule has 0 aromatic heterocycles. The van der Waals surface area contributed by atoms with Gasteiger partial charge in [-0.1, -0.05) is 25.5 Å². The first-order chi connectivity index (χ1) is 10.7. The van der Waals surface area contributed by atoms with E-state index < -0.39 is 6.10 Å². The van der Waals surface area contributed by atoms with Crippen molar-refractivity contribution in [1.29, 1.82) is 0 Å². The lowest BCUT2D eigenvalue weighted by molar-refractivity contribution is -0.134. The molecule has 1 aromatic carbocycles. The van der Waals surface area contributed by atoms with Crippen LogP contribution in [0.15, 0.2) is 24.3 Å². The summed E-state index contributed by atoms with van der Waals surface area (Å²) in [7, 11) is 0. The van der Waals surface area contributed by atoms with Crippen LogP contribution in [-0.2, 0) is 4.79 Å². The van der Waals surface area contributed by atoms with Gasteiger partial charge in [0, 0.05) is 6.04 Å². The van der Waals surface area contributed by atoms with Crippen LogP contribution < -0.4 is 14.8 Å². The standard InChI is InChI=1S/C18H25NO3/c1-3-13-8-10-14(11-9-13)19-18(20)17-12(2)21-15-6-4-5-7-16(15)22-17/h4-7,12-14,17H,3,8-11H2,1-2H3,(H,19,20). The van der Waals surface area contributed by atoms with Crippen LogP contribution in [0, 0.1) is 5.92 Å². The molecule has 1 aliphatic carbocycles. The molecule has 1 aromatic rings. The molecule has 0 spiro atoms. The van der Waals surface area contributed by atoms with Crippen LogP contribution in [0.25, 0.3) is 0 Å². The number of benzene rings is 1. The highest BCUT2D eigenvalue weighted by molar-refractivity contribution is 5.82. The van der Waals surface area contributed by atoms with Gasteiger partial charge < -0.3 is 14.8 Å². The van der Waals surface area contributed by atoms with Gasteiger partial charge in [0.2, 0.25) is 6.10 Å². The maximum Gasteiger partial charge on any atom is 0.265 e. The fourth-order valence-corrected chi connectivity index (χ4v) is 3.40. The summed E-state index contributed by atoms with van der Waals surface area (Å²) in [6, 6.07) is 7.78. The molecule has 1 saturated carbocycles. The Morgan fingerprint density at radius 1 is 1.14 bits per heavy atom. The number of carbonyl (C=O) groups is 1. The summed E-state index contributed by atoms with van der Waals surface area (Å²) in [6.45, 7) is 4.13. The second kappa shape index (κ2) is 6.59. The van der Waals surface area contributed by atoms with Crippen molar-refractivity contribution in [2.45, 2.75) is 64.2 Å². The predicted molar refractivity (Wildman–Crippen MR) is 85.1 cm³/mol. The summed E-state index contributed by atoms with van der Waals surface area (Å²) in [5, 5.41) is 3.15. The molecule has 2 atom stereocenters. The number of rotatable bonds is 3. The van der Waals surface area contributed by atoms with Crippen LogP contribution in [-0.4, -0.2) is 24.2 Å². The summed E-state index contributed by atoms with van der Waals surface area (Å²) in [6.07, 6.45) is 4.96. The van der Waals surface area contributed by atoms with Crippen LogP contribution >= 0.6 is 0 Å². The van der Waals surface area contributed by atoms with Gasteiger partial charge in [0.1, 0.15) is 6.10 Å². The monoisotopic (exact) mass is 303 g/mol. The van der Waals surface area contributed by atoms with Gasteiger partial charge in [-0.3, -0.25) is 4.79 Å². The Hall–Kier alpha value is -1.71. The lowest BCUT2D eigenvalue weighted by Crippen LogP contribution is -2.52. The molecular formula is C18H25NO3. The van der Waals surface area contributed by atoms with Gasteiger partial charge in [-0.15, -0.1) is 0 Å². The lowest BCUT2D eigenvalue weighted by Gasteiger charge is -2.33. The van der Waals surface area contributed by atoms with E-state index in [4.69, 9.17) is 9.47 Å². The molecule has 0 radical (unpaired) electrons. The molecule has 4 nitrogen and oxygen atoms in total. The second-order valence-corrected chi connectivity index (χ2v) is 6.44. The normalized spacial score (nSPS) is 30.6. The van der Waals surface area contributed by atoms with E-state index in [2.05, 4.69) is 12.2 Å². The van der Waals surface area contributed by atoms with Crippen LogP contribution in [0.4, 0.5) is 0 Å². The molecule has 4 heteroatoms. The predicted octanol–water partition coefficient (Wildman–Crippen LogP) is 3.30. The summed E-state index contributed by atoms with van der Waals surface area (Å²) in [5.74, 6) is 2.13. The van der Waals surface area contributed by atoms with Gasteiger partial charge in [0.05, 0.1) is 0 Å². The molecule has 2 aliphatic rings. The topological polar surface area (TPSA) is 47.6 Å². The van der Waals surface area contributed by atoms with Crippen molar-refractivity contribution in [3.05, 3.63) is 24.3 Å². The number of ether oxygens (including phenoxy) is 2. The summed E-state index contributed by atoms with van der Waals surface area (Å²) >= 11 is 0. The smallest absolute Gasteiger partial charge is 0.265 e. The summed E-state index contributed by atoms with van der Waals surface area (Å²) in [5.41, 5.74) is 0. The number of para-hydroxylation sites is 2. The molecule has 3 rings (SSSR count). The zero-order valence-electron chi connectivity index (χ0n) is 13.4. The van der Waals surface area contributed by atoms with E-state index >= 15 is 0 Å². The molecule has 1 heterocycles. The van der Waals surface area contributed by atoms with Crippen molar-refractivity contribution in [3.8, 4) is 11.5 Å². The van der Waals surface area contributed by atoms with E-state index in [1.807, 2.05) is 31.2 Å². The molecule has 0 bridgehead atoms. The fraction of sp³-hybridized carbons (Fsp3) is 0.611. The average Bonchev–Trinajstić information content (AvgIpc) is 2.54. The minimum absolute atomic E-state index is 0.0537. The van der Waals surface area contributed by atoms with Crippen molar-refractivity contribution in [2.24, 2.45) is 5.92 Å². The van der Waals surface area contributed by atoms with E-state index in [1.54, 1.807) is 0 Å². The molecule has 1 fully saturated rings. The van der Waals surface area contributed by atoms with E-state index in [9.17, 15) is 4.79 Å². The SMILES string of the molecule is CCC1CCC(NC(=O)C2Oc3ccccc3OC2C)CC1. The van der Waals surface area contributed by atoms with Crippen molar-refractivity contribution in [3.63, 3.8) is 0 Å². The third kappa shape index (κ3) is 3.21. The van der Waals surface area contributed by atoms with Crippen LogP contribution in [0.1, 0.15) is 46.0 Å². The number of carbonyl (C=O) groups excluding carboxylic acids is 1. The quantitative estimate of drug-likeness (QED) is 0.932. The molecule has 1 amide bonds. The first-order valence-corrected chi connectivity index (χ1v) is 8.40. The average molecular weight is 303 g/mol. The third-order valence-corrected chi connectivity index (χ3v) is 4.87. The first-order valence-electron chi connectivity index (χ1n) is 8.40. The molecule has 120 valence electrons. The first kappa shape index (κ1) is 15.2. The largest absolute Gasteiger partial charge is 0.482 e. The third-order valence-electron chi connectivity index (χ3n) is 4.87. The van der Waals surface area contributed by atoms with Gasteiger partial charge in [-0.05, 0) is 50.7 Å². The Morgan fingerprint density at radius 2 is 1.77 bits per heavy atom. The van der Waals surface area contributed by atoms with E-state index in [-0.39, 0.29) is 18.1 Å². The van der Waals surface area contributed by atoms with Gasteiger partial charge in [-0.2, -0.15) is 0 Å². The minimum atomic E-state index is -0.571. The Morgan fingerprint density at radius 3 is 2.41 bits per heavy atom. The van der Waals surface area contributed by atoms with Crippen molar-refractivity contribution in [1.82, 2.24) is 5.32 Å². The van der Waals surface area contributed by atoms with Gasteiger partial charge in [0.25, 0.3) is 5.91 Å². The van der Waals surface area contributed by atoms with E-state index in [0.717, 1.165) is 18.8 Å². The van der Waals surface area contributed by atoms with Crippen molar-refractivity contribution < 1.29 is 14.3 Å². The molecular weight excluding hydrogens is 278 g/mol. The van der Waals surface area contributed by atoms with Gasteiger partial charge in [-0.25, -0.2) is 0 Å². The minimum Gasteiger partial charge on any atom is -0.482 e. The van der Waals surface area contributed by atoms with Crippen LogP contribution in [0.5, 0.6) is 11.5 Å². The number of hydrogen-bond donors (Lipinski definition) is 1. The van der Waals surface area contributed by atoms with Crippen LogP contribution in [0.3, 0.4) is 0 Å². The Balaban J connectivity index is 1.59. The highest BCUT2D eigenvalue weighted by Gasteiger charge is 2.35. The maximum absolute atomic E-state index is 12.5. The number of nitrogens with one attached hydrogen (secondary N) is 1. The Labute approximate surface area is 132 Å². The zero-order valence-corrected chi connectivity index (χ0v) is 13.4. The molecule has 2 unspecified atom stereocenters. The number of hydrogen-bond acceptors (Lipinski definition) is 3. The highest BCUT2D eigenvalue weighted by atomic mass is 16.6. The van der Waals surface area contributed by atoms with Crippen LogP contribution in [0.2, 0.25) is 0 Å². The second-order valence-electron chi connectivity index (χ2n) is 6.44. The fourth-order valence-electron chi connectivity index (χ4n) is 3.40. The highest BCUT2D eigenvalue weighted by Crippen LogP contribution is 2.33. The van der Waals surface area contributed by atoms with E-state index in [0.29, 0.717) is 11.5 Å². The number of amides is 1. The van der Waals surface area contributed by atoms with Crippen molar-refractivity contribution in [2.75, 3.05) is 0 Å². The maximum atomic E-state index is 12.5. The molecule has 1 aliphatic heterocycles. The zero-order chi connectivity index (χ0) is 15.5. The van der Waals surface area contributed by atoms with Gasteiger partial charge >= 0.3 is 0 Å². The summed E-state index contributed by atoms with van der Waals surface area (Å²) in [4.78, 5) is 12.5. The Bertz CT molecular complexity index is 523. The lowest BCUT2D eigenvalue weighted by atomic mass is 9.84. The molecule has 0 saturated heterocycles. The van der Waals surface area contributed by atoms with Gasteiger partial charge in [0.15, 0.2) is 11.5 Å². The summed E-state index contributed by atoms with van der Waals surface area (Å²) < 4.78 is 11.7.